The summed E-state index contributed by atoms with van der Waals surface area (Å²) >= 11 is 0. The first kappa shape index (κ1) is 18.7. The van der Waals surface area contributed by atoms with Crippen LogP contribution in [0.15, 0.2) is 24.3 Å². The molecule has 0 aromatic carbocycles. The van der Waals surface area contributed by atoms with E-state index >= 15 is 0 Å². The van der Waals surface area contributed by atoms with E-state index in [1.807, 2.05) is 12.2 Å². The van der Waals surface area contributed by atoms with Gasteiger partial charge in [-0.1, -0.05) is 12.2 Å². The summed E-state index contributed by atoms with van der Waals surface area (Å²) in [6.07, 6.45) is 6.96. The Bertz CT molecular complexity index is 237. The first-order chi connectivity index (χ1) is 4.88. The van der Waals surface area contributed by atoms with E-state index in [1.54, 1.807) is 19.3 Å². The van der Waals surface area contributed by atoms with E-state index < -0.39 is 0 Å². The predicted molar refractivity (Wildman–Crippen MR) is 37.7 cm³/mol. The molecule has 0 saturated heterocycles. The maximum absolute atomic E-state index is 8.42. The van der Waals surface area contributed by atoms with Gasteiger partial charge < -0.3 is 35.1 Å². The van der Waals surface area contributed by atoms with Crippen LogP contribution in [0.5, 0.6) is 0 Å². The Morgan fingerprint density at radius 1 is 1.38 bits per heavy atom. The number of hydrogen-bond acceptors (Lipinski definition) is 1. The van der Waals surface area contributed by atoms with E-state index in [1.165, 1.54) is 0 Å². The zero-order chi connectivity index (χ0) is 7.40. The van der Waals surface area contributed by atoms with E-state index in [2.05, 4.69) is 4.79 Å². The first-order valence-electron chi connectivity index (χ1n) is 2.98. The Balaban J connectivity index is -0.000000333. The van der Waals surface area contributed by atoms with Crippen LogP contribution >= 0.6 is 0 Å². The van der Waals surface area contributed by atoms with Gasteiger partial charge >= 0.3 is 25.2 Å². The fourth-order valence-electron chi connectivity index (χ4n) is 0.802. The van der Waals surface area contributed by atoms with Gasteiger partial charge in [0, 0.05) is 13.2 Å². The van der Waals surface area contributed by atoms with Gasteiger partial charge in [0.1, 0.15) is 0 Å². The van der Waals surface area contributed by atoms with Crippen LogP contribution < -0.4 is 24.8 Å². The van der Waals surface area contributed by atoms with Gasteiger partial charge in [-0.15, -0.1) is 0 Å². The summed E-state index contributed by atoms with van der Waals surface area (Å²) in [4.78, 5) is 3.05. The summed E-state index contributed by atoms with van der Waals surface area (Å²) < 4.78 is 4.97. The van der Waals surface area contributed by atoms with Crippen molar-refractivity contribution in [1.29, 1.82) is 0 Å². The first-order valence-corrected chi connectivity index (χ1v) is 2.98. The van der Waals surface area contributed by atoms with Gasteiger partial charge in [-0.3, -0.25) is 0 Å². The predicted octanol–water partition coefficient (Wildman–Crippen LogP) is -5.20. The quantitative estimate of drug-likeness (QED) is 0.267. The van der Waals surface area contributed by atoms with Crippen molar-refractivity contribution in [2.45, 2.75) is 6.10 Å². The molecular formula is C7H8Cl2N2OZn. The van der Waals surface area contributed by atoms with Crippen LogP contribution in [0, 0.1) is 0 Å². The summed E-state index contributed by atoms with van der Waals surface area (Å²) in [6, 6.07) is 0. The second kappa shape index (κ2) is 10.1. The number of hydrogen-bond donors (Lipinski definition) is 0. The second-order valence-corrected chi connectivity index (χ2v) is 1.93. The number of methoxy groups -OCH3 is 1. The van der Waals surface area contributed by atoms with Crippen molar-refractivity contribution in [2.75, 3.05) is 7.11 Å². The molecule has 1 aliphatic carbocycles. The fourth-order valence-corrected chi connectivity index (χ4v) is 0.802. The zero-order valence-corrected chi connectivity index (χ0v) is 11.6. The molecule has 0 N–H and O–H groups in total. The average molecular weight is 272 g/mol. The van der Waals surface area contributed by atoms with Gasteiger partial charge in [0.25, 0.3) is 0 Å². The van der Waals surface area contributed by atoms with Crippen molar-refractivity contribution in [1.82, 2.24) is 0 Å². The molecule has 0 aromatic rings. The van der Waals surface area contributed by atoms with Gasteiger partial charge in [-0.2, -0.15) is 4.79 Å². The minimum atomic E-state index is -0.199. The van der Waals surface area contributed by atoms with Crippen LogP contribution in [-0.4, -0.2) is 23.7 Å². The molecule has 0 aromatic heterocycles. The van der Waals surface area contributed by atoms with E-state index in [0.29, 0.717) is 5.71 Å². The summed E-state index contributed by atoms with van der Waals surface area (Å²) in [6.45, 7) is 0. The van der Waals surface area contributed by atoms with Crippen LogP contribution in [0.1, 0.15) is 0 Å². The minimum Gasteiger partial charge on any atom is -1.00 e. The Kier molecular flexibility index (Phi) is 14.6. The van der Waals surface area contributed by atoms with Crippen LogP contribution in [0.2, 0.25) is 0 Å². The zero-order valence-electron chi connectivity index (χ0n) is 7.15. The van der Waals surface area contributed by atoms with E-state index in [4.69, 9.17) is 10.3 Å². The minimum absolute atomic E-state index is 0. The van der Waals surface area contributed by atoms with E-state index in [0.717, 1.165) is 0 Å². The number of rotatable bonds is 1. The Labute approximate surface area is 102 Å². The SMILES string of the molecule is COC1C=CC=CC1=[N+]=[N-].[Cl-].[Cl-].[Zn+2]. The third kappa shape index (κ3) is 5.35. The molecule has 3 nitrogen and oxygen atoms in total. The number of ether oxygens (including phenoxy) is 1. The molecular weight excluding hydrogens is 264 g/mol. The standard InChI is InChI=1S/C7H8N2O.2ClH.Zn/c1-10-7-5-3-2-4-6(7)9-8;;;/h2-5,7H,1H3;2*1H;/q;;;+2/p-2. The number of nitrogens with zero attached hydrogens (tertiary/aromatic N) is 2. The van der Waals surface area contributed by atoms with Gasteiger partial charge in [0.2, 0.25) is 0 Å². The molecule has 0 fully saturated rings. The molecule has 68 valence electrons. The Morgan fingerprint density at radius 3 is 2.38 bits per heavy atom. The summed E-state index contributed by atoms with van der Waals surface area (Å²) in [5, 5.41) is 0. The number of halogens is 2. The molecule has 0 bridgehead atoms. The molecule has 13 heavy (non-hydrogen) atoms. The smallest absolute Gasteiger partial charge is 1.00 e. The van der Waals surface area contributed by atoms with Crippen LogP contribution in [-0.2, 0) is 24.2 Å². The van der Waals surface area contributed by atoms with Gasteiger partial charge in [0.05, 0.1) is 0 Å². The molecule has 1 atom stereocenters. The van der Waals surface area contributed by atoms with Crippen molar-refractivity contribution in [2.24, 2.45) is 0 Å². The normalized spacial score (nSPS) is 17.6. The molecule has 0 spiro atoms. The molecule has 0 saturated carbocycles. The van der Waals surface area contributed by atoms with Crippen molar-refractivity contribution in [3.8, 4) is 0 Å². The molecule has 0 aliphatic heterocycles. The van der Waals surface area contributed by atoms with Crippen molar-refractivity contribution in [3.05, 3.63) is 29.8 Å². The van der Waals surface area contributed by atoms with Gasteiger partial charge in [-0.25, -0.2) is 0 Å². The van der Waals surface area contributed by atoms with Crippen LogP contribution in [0.3, 0.4) is 0 Å². The Morgan fingerprint density at radius 2 is 2.00 bits per heavy atom. The maximum atomic E-state index is 8.42. The molecule has 1 unspecified atom stereocenters. The molecule has 1 aliphatic rings. The van der Waals surface area contributed by atoms with Crippen molar-refractivity contribution in [3.63, 3.8) is 0 Å². The van der Waals surface area contributed by atoms with Crippen molar-refractivity contribution >= 4 is 5.71 Å². The van der Waals surface area contributed by atoms with Crippen LogP contribution in [0.25, 0.3) is 5.53 Å². The van der Waals surface area contributed by atoms with Gasteiger partial charge in [-0.05, 0) is 6.08 Å². The average Bonchev–Trinajstić information content (AvgIpc) is 2.04. The van der Waals surface area contributed by atoms with Gasteiger partial charge in [0.15, 0.2) is 6.10 Å². The molecule has 0 radical (unpaired) electrons. The largest absolute Gasteiger partial charge is 2.00 e. The summed E-state index contributed by atoms with van der Waals surface area (Å²) in [5.41, 5.74) is 8.95. The fraction of sp³-hybridized carbons (Fsp3) is 0.286. The van der Waals surface area contributed by atoms with E-state index in [9.17, 15) is 0 Å². The van der Waals surface area contributed by atoms with Crippen molar-refractivity contribution < 1.29 is 53.8 Å². The monoisotopic (exact) mass is 270 g/mol. The Hall–Kier alpha value is 0.0234. The second-order valence-electron chi connectivity index (χ2n) is 1.93. The molecule has 0 heterocycles. The molecule has 6 heteroatoms. The topological polar surface area (TPSA) is 45.6 Å². The maximum Gasteiger partial charge on any atom is 2.00 e. The van der Waals surface area contributed by atoms with Crippen LogP contribution in [0.4, 0.5) is 0 Å². The summed E-state index contributed by atoms with van der Waals surface area (Å²) in [5.74, 6) is 0. The third-order valence-corrected chi connectivity index (χ3v) is 1.32. The molecule has 0 amide bonds. The third-order valence-electron chi connectivity index (χ3n) is 1.32. The molecule has 1 rings (SSSR count). The number of allylic oxidation sites excluding steroid dienone is 2. The van der Waals surface area contributed by atoms with E-state index in [-0.39, 0.29) is 50.4 Å². The summed E-state index contributed by atoms with van der Waals surface area (Å²) in [7, 11) is 1.57.